The maximum Gasteiger partial charge on any atom is 0.0828 e. The highest BCUT2D eigenvalue weighted by atomic mass is 16.5. The molecule has 0 aromatic heterocycles. The van der Waals surface area contributed by atoms with Crippen LogP contribution in [0.25, 0.3) is 0 Å². The standard InChI is InChI=1S/C20H31NO/c1-2-3-4-8-11-20(16-9-6-5-7-10-16)22-19-14-17-12-13-18(15-19)21-17/h5-7,9-10,17-21H,2-4,8,11-15H2,1H3/t17-,18+,19?,20?. The average molecular weight is 301 g/mol. The number of rotatable bonds is 8. The molecule has 2 aliphatic heterocycles. The van der Waals surface area contributed by atoms with Gasteiger partial charge in [-0.25, -0.2) is 0 Å². The number of hydrogen-bond acceptors (Lipinski definition) is 2. The second-order valence-electron chi connectivity index (χ2n) is 7.12. The predicted molar refractivity (Wildman–Crippen MR) is 92.0 cm³/mol. The summed E-state index contributed by atoms with van der Waals surface area (Å²) in [6.07, 6.45) is 12.3. The first kappa shape index (κ1) is 16.0. The average Bonchev–Trinajstić information content (AvgIpc) is 2.90. The Bertz CT molecular complexity index is 421. The highest BCUT2D eigenvalue weighted by molar-refractivity contribution is 5.17. The van der Waals surface area contributed by atoms with E-state index in [1.165, 1.54) is 63.4 Å². The molecule has 1 N–H and O–H groups in total. The molecule has 2 bridgehead atoms. The van der Waals surface area contributed by atoms with Gasteiger partial charge in [-0.3, -0.25) is 0 Å². The fraction of sp³-hybridized carbons (Fsp3) is 0.700. The van der Waals surface area contributed by atoms with Gasteiger partial charge in [-0.2, -0.15) is 0 Å². The van der Waals surface area contributed by atoms with Crippen LogP contribution in [0.3, 0.4) is 0 Å². The van der Waals surface area contributed by atoms with Crippen LogP contribution >= 0.6 is 0 Å². The third-order valence-electron chi connectivity index (χ3n) is 5.28. The van der Waals surface area contributed by atoms with Crippen LogP contribution in [0.2, 0.25) is 0 Å². The summed E-state index contributed by atoms with van der Waals surface area (Å²) in [5.41, 5.74) is 1.37. The fourth-order valence-corrected chi connectivity index (χ4v) is 4.09. The summed E-state index contributed by atoms with van der Waals surface area (Å²) < 4.78 is 6.60. The molecule has 3 rings (SSSR count). The summed E-state index contributed by atoms with van der Waals surface area (Å²) in [5, 5.41) is 3.71. The van der Waals surface area contributed by atoms with Gasteiger partial charge in [0.1, 0.15) is 0 Å². The van der Waals surface area contributed by atoms with Crippen molar-refractivity contribution in [2.75, 3.05) is 0 Å². The second kappa shape index (κ2) is 8.12. The van der Waals surface area contributed by atoms with Crippen molar-refractivity contribution in [2.24, 2.45) is 0 Å². The molecule has 2 fully saturated rings. The van der Waals surface area contributed by atoms with Gasteiger partial charge in [0.05, 0.1) is 12.2 Å². The van der Waals surface area contributed by atoms with Gasteiger partial charge < -0.3 is 10.1 Å². The Kier molecular flexibility index (Phi) is 5.91. The van der Waals surface area contributed by atoms with Gasteiger partial charge >= 0.3 is 0 Å². The van der Waals surface area contributed by atoms with Crippen LogP contribution in [-0.2, 0) is 4.74 Å². The molecule has 2 aliphatic rings. The molecule has 4 atom stereocenters. The third kappa shape index (κ3) is 4.33. The first-order valence-corrected chi connectivity index (χ1v) is 9.31. The summed E-state index contributed by atoms with van der Waals surface area (Å²) in [5.74, 6) is 0. The van der Waals surface area contributed by atoms with Crippen molar-refractivity contribution >= 4 is 0 Å². The van der Waals surface area contributed by atoms with Gasteiger partial charge in [0, 0.05) is 12.1 Å². The zero-order valence-corrected chi connectivity index (χ0v) is 14.0. The van der Waals surface area contributed by atoms with E-state index in [9.17, 15) is 0 Å². The molecular formula is C20H31NO. The number of benzene rings is 1. The van der Waals surface area contributed by atoms with Crippen LogP contribution in [0, 0.1) is 0 Å². The Morgan fingerprint density at radius 1 is 1.05 bits per heavy atom. The molecule has 2 unspecified atom stereocenters. The van der Waals surface area contributed by atoms with Crippen LogP contribution in [0.1, 0.15) is 76.4 Å². The zero-order chi connectivity index (χ0) is 15.2. The normalized spacial score (nSPS) is 28.7. The van der Waals surface area contributed by atoms with E-state index in [-0.39, 0.29) is 0 Å². The smallest absolute Gasteiger partial charge is 0.0828 e. The lowest BCUT2D eigenvalue weighted by molar-refractivity contribution is -0.0414. The van der Waals surface area contributed by atoms with Gasteiger partial charge in [-0.1, -0.05) is 62.9 Å². The van der Waals surface area contributed by atoms with E-state index >= 15 is 0 Å². The van der Waals surface area contributed by atoms with E-state index in [0.717, 1.165) is 0 Å². The SMILES string of the molecule is CCCCCCC(OC1C[C@H]2CC[C@@H](C1)N2)c1ccccc1. The maximum absolute atomic E-state index is 6.60. The molecular weight excluding hydrogens is 270 g/mol. The summed E-state index contributed by atoms with van der Waals surface area (Å²) in [6, 6.07) is 12.3. The number of ether oxygens (including phenoxy) is 1. The van der Waals surface area contributed by atoms with Crippen molar-refractivity contribution in [2.45, 2.75) is 89.0 Å². The molecule has 1 aromatic rings. The van der Waals surface area contributed by atoms with E-state index in [0.29, 0.717) is 24.3 Å². The largest absolute Gasteiger partial charge is 0.370 e. The summed E-state index contributed by atoms with van der Waals surface area (Å²) in [7, 11) is 0. The van der Waals surface area contributed by atoms with Gasteiger partial charge in [-0.15, -0.1) is 0 Å². The van der Waals surface area contributed by atoms with E-state index in [4.69, 9.17) is 4.74 Å². The van der Waals surface area contributed by atoms with Crippen molar-refractivity contribution in [3.05, 3.63) is 35.9 Å². The molecule has 2 heteroatoms. The monoisotopic (exact) mass is 301 g/mol. The quantitative estimate of drug-likeness (QED) is 0.682. The molecule has 0 aliphatic carbocycles. The van der Waals surface area contributed by atoms with Gasteiger partial charge in [0.25, 0.3) is 0 Å². The van der Waals surface area contributed by atoms with Gasteiger partial charge in [0.2, 0.25) is 0 Å². The number of piperidine rings is 1. The summed E-state index contributed by atoms with van der Waals surface area (Å²) in [6.45, 7) is 2.27. The zero-order valence-electron chi connectivity index (χ0n) is 14.0. The van der Waals surface area contributed by atoms with Crippen molar-refractivity contribution < 1.29 is 4.74 Å². The first-order valence-electron chi connectivity index (χ1n) is 9.31. The van der Waals surface area contributed by atoms with Crippen molar-refractivity contribution in [3.63, 3.8) is 0 Å². The Hall–Kier alpha value is -0.860. The lowest BCUT2D eigenvalue weighted by Crippen LogP contribution is -2.41. The van der Waals surface area contributed by atoms with E-state index < -0.39 is 0 Å². The minimum absolute atomic E-state index is 0.292. The minimum Gasteiger partial charge on any atom is -0.370 e. The molecule has 2 nitrogen and oxygen atoms in total. The van der Waals surface area contributed by atoms with Crippen molar-refractivity contribution in [1.82, 2.24) is 5.32 Å². The number of nitrogens with one attached hydrogen (secondary N) is 1. The van der Waals surface area contributed by atoms with Crippen molar-refractivity contribution in [3.8, 4) is 0 Å². The lowest BCUT2D eigenvalue weighted by atomic mass is 9.99. The minimum atomic E-state index is 0.292. The van der Waals surface area contributed by atoms with Crippen LogP contribution in [-0.4, -0.2) is 18.2 Å². The predicted octanol–water partition coefficient (Wildman–Crippen LogP) is 5.00. The lowest BCUT2D eigenvalue weighted by Gasteiger charge is -2.32. The van der Waals surface area contributed by atoms with Gasteiger partial charge in [-0.05, 0) is 37.7 Å². The van der Waals surface area contributed by atoms with Crippen LogP contribution in [0.4, 0.5) is 0 Å². The van der Waals surface area contributed by atoms with Crippen LogP contribution in [0.15, 0.2) is 30.3 Å². The molecule has 0 amide bonds. The van der Waals surface area contributed by atoms with Crippen LogP contribution in [0.5, 0.6) is 0 Å². The Labute approximate surface area is 135 Å². The number of fused-ring (bicyclic) bond motifs is 2. The molecule has 0 radical (unpaired) electrons. The van der Waals surface area contributed by atoms with E-state index in [1.54, 1.807) is 0 Å². The molecule has 1 aromatic carbocycles. The Balaban J connectivity index is 1.58. The topological polar surface area (TPSA) is 21.3 Å². The summed E-state index contributed by atoms with van der Waals surface area (Å²) in [4.78, 5) is 0. The third-order valence-corrected chi connectivity index (χ3v) is 5.28. The highest BCUT2D eigenvalue weighted by Crippen LogP contribution is 2.33. The molecule has 2 saturated heterocycles. The first-order chi connectivity index (χ1) is 10.8. The molecule has 0 saturated carbocycles. The maximum atomic E-state index is 6.60. The molecule has 0 spiro atoms. The van der Waals surface area contributed by atoms with Crippen LogP contribution < -0.4 is 5.32 Å². The second-order valence-corrected chi connectivity index (χ2v) is 7.12. The molecule has 22 heavy (non-hydrogen) atoms. The Morgan fingerprint density at radius 2 is 1.77 bits per heavy atom. The number of hydrogen-bond donors (Lipinski definition) is 1. The molecule has 122 valence electrons. The highest BCUT2D eigenvalue weighted by Gasteiger charge is 2.35. The fourth-order valence-electron chi connectivity index (χ4n) is 4.09. The Morgan fingerprint density at radius 3 is 2.45 bits per heavy atom. The number of unbranched alkanes of at least 4 members (excludes halogenated alkanes) is 3. The van der Waals surface area contributed by atoms with E-state index in [2.05, 4.69) is 42.6 Å². The van der Waals surface area contributed by atoms with E-state index in [1.807, 2.05) is 0 Å². The molecule has 2 heterocycles. The van der Waals surface area contributed by atoms with Crippen molar-refractivity contribution in [1.29, 1.82) is 0 Å². The van der Waals surface area contributed by atoms with Gasteiger partial charge in [0.15, 0.2) is 0 Å². The summed E-state index contributed by atoms with van der Waals surface area (Å²) >= 11 is 0.